The van der Waals surface area contributed by atoms with Crippen LogP contribution in [-0.2, 0) is 23.8 Å². The Labute approximate surface area is 170 Å². The lowest BCUT2D eigenvalue weighted by molar-refractivity contribution is -0.139. The third kappa shape index (κ3) is 2.54. The molecule has 30 heavy (non-hydrogen) atoms. The quantitative estimate of drug-likeness (QED) is 0.566. The van der Waals surface area contributed by atoms with E-state index in [1.807, 2.05) is 0 Å². The van der Waals surface area contributed by atoms with Crippen molar-refractivity contribution < 1.29 is 37.8 Å². The standard InChI is InChI=1S/C22H15FO7/c1-28-20(26)15-16(21(27)29-2)22(30-17(15)11-6-5-7-12(23)10-11)18(24)13-8-3-4-9-14(13)19(22)25/h3-10,17H,1-2H3/t17-/m1/s1. The average Bonchev–Trinajstić information content (AvgIpc) is 3.23. The van der Waals surface area contributed by atoms with Gasteiger partial charge in [0.05, 0.1) is 25.4 Å². The molecule has 0 amide bonds. The van der Waals surface area contributed by atoms with Gasteiger partial charge in [-0.05, 0) is 17.7 Å². The normalized spacial score (nSPS) is 19.2. The number of hydrogen-bond acceptors (Lipinski definition) is 7. The summed E-state index contributed by atoms with van der Waals surface area (Å²) < 4.78 is 29.3. The summed E-state index contributed by atoms with van der Waals surface area (Å²) in [6, 6.07) is 11.1. The van der Waals surface area contributed by atoms with Crippen LogP contribution >= 0.6 is 0 Å². The average molecular weight is 410 g/mol. The van der Waals surface area contributed by atoms with Gasteiger partial charge in [0.25, 0.3) is 0 Å². The van der Waals surface area contributed by atoms with Crippen molar-refractivity contribution in [2.24, 2.45) is 0 Å². The predicted octanol–water partition coefficient (Wildman–Crippen LogP) is 2.36. The van der Waals surface area contributed by atoms with Crippen LogP contribution in [0.1, 0.15) is 32.4 Å². The number of carbonyl (C=O) groups excluding carboxylic acids is 4. The molecule has 1 heterocycles. The maximum Gasteiger partial charge on any atom is 0.338 e. The molecule has 1 atom stereocenters. The molecule has 152 valence electrons. The molecule has 0 fully saturated rings. The fourth-order valence-corrected chi connectivity index (χ4v) is 3.89. The van der Waals surface area contributed by atoms with E-state index in [0.717, 1.165) is 20.3 Å². The van der Waals surface area contributed by atoms with Crippen molar-refractivity contribution in [2.45, 2.75) is 11.7 Å². The first-order valence-corrected chi connectivity index (χ1v) is 8.90. The molecule has 0 aromatic heterocycles. The lowest BCUT2D eigenvalue weighted by Crippen LogP contribution is -2.46. The van der Waals surface area contributed by atoms with Gasteiger partial charge in [-0.1, -0.05) is 36.4 Å². The van der Waals surface area contributed by atoms with E-state index in [1.54, 1.807) is 12.1 Å². The summed E-state index contributed by atoms with van der Waals surface area (Å²) in [5, 5.41) is 0. The molecule has 0 N–H and O–H groups in total. The van der Waals surface area contributed by atoms with Gasteiger partial charge in [0, 0.05) is 11.1 Å². The van der Waals surface area contributed by atoms with Gasteiger partial charge in [-0.2, -0.15) is 0 Å². The lowest BCUT2D eigenvalue weighted by Gasteiger charge is -2.23. The zero-order valence-corrected chi connectivity index (χ0v) is 15.9. The Hall–Kier alpha value is -3.65. The lowest BCUT2D eigenvalue weighted by atomic mass is 9.86. The van der Waals surface area contributed by atoms with Crippen molar-refractivity contribution in [2.75, 3.05) is 14.2 Å². The van der Waals surface area contributed by atoms with E-state index in [2.05, 4.69) is 0 Å². The van der Waals surface area contributed by atoms with Gasteiger partial charge in [-0.25, -0.2) is 14.0 Å². The molecule has 2 aliphatic rings. The molecule has 8 heteroatoms. The topological polar surface area (TPSA) is 96.0 Å². The summed E-state index contributed by atoms with van der Waals surface area (Å²) in [5.41, 5.74) is -3.13. The summed E-state index contributed by atoms with van der Waals surface area (Å²) in [6.45, 7) is 0. The minimum absolute atomic E-state index is 0.0491. The van der Waals surface area contributed by atoms with Crippen molar-refractivity contribution >= 4 is 23.5 Å². The van der Waals surface area contributed by atoms with Gasteiger partial charge >= 0.3 is 11.9 Å². The van der Waals surface area contributed by atoms with E-state index >= 15 is 0 Å². The Morgan fingerprint density at radius 2 is 1.53 bits per heavy atom. The first-order valence-electron chi connectivity index (χ1n) is 8.90. The number of hydrogen-bond donors (Lipinski definition) is 0. The minimum atomic E-state index is -2.42. The second kappa shape index (κ2) is 7.00. The fourth-order valence-electron chi connectivity index (χ4n) is 3.89. The summed E-state index contributed by atoms with van der Waals surface area (Å²) in [5.74, 6) is -4.33. The van der Waals surface area contributed by atoms with Crippen LogP contribution in [0.25, 0.3) is 0 Å². The van der Waals surface area contributed by atoms with E-state index in [0.29, 0.717) is 0 Å². The molecule has 4 rings (SSSR count). The summed E-state index contributed by atoms with van der Waals surface area (Å²) in [7, 11) is 2.12. The van der Waals surface area contributed by atoms with Crippen LogP contribution in [0.5, 0.6) is 0 Å². The van der Waals surface area contributed by atoms with Crippen LogP contribution in [-0.4, -0.2) is 43.3 Å². The van der Waals surface area contributed by atoms with Crippen molar-refractivity contribution in [3.63, 3.8) is 0 Å². The molecule has 1 spiro atoms. The van der Waals surface area contributed by atoms with Crippen LogP contribution < -0.4 is 0 Å². The van der Waals surface area contributed by atoms with Crippen molar-refractivity contribution in [1.29, 1.82) is 0 Å². The third-order valence-electron chi connectivity index (χ3n) is 5.18. The van der Waals surface area contributed by atoms with E-state index in [4.69, 9.17) is 14.2 Å². The molecule has 1 aliphatic heterocycles. The molecular formula is C22H15FO7. The fraction of sp³-hybridized carbons (Fsp3) is 0.182. The predicted molar refractivity (Wildman–Crippen MR) is 99.1 cm³/mol. The molecule has 0 radical (unpaired) electrons. The number of esters is 2. The van der Waals surface area contributed by atoms with E-state index in [-0.39, 0.29) is 22.3 Å². The molecule has 1 aliphatic carbocycles. The summed E-state index contributed by atoms with van der Waals surface area (Å²) in [6.07, 6.45) is -1.40. The summed E-state index contributed by atoms with van der Waals surface area (Å²) in [4.78, 5) is 52.1. The summed E-state index contributed by atoms with van der Waals surface area (Å²) >= 11 is 0. The van der Waals surface area contributed by atoms with Crippen LogP contribution in [0.15, 0.2) is 59.7 Å². The van der Waals surface area contributed by atoms with E-state index < -0.39 is 46.6 Å². The maximum atomic E-state index is 13.9. The highest BCUT2D eigenvalue weighted by molar-refractivity contribution is 6.37. The number of fused-ring (bicyclic) bond motifs is 1. The molecule has 7 nitrogen and oxygen atoms in total. The molecule has 0 saturated heterocycles. The second-order valence-corrected chi connectivity index (χ2v) is 6.71. The number of benzene rings is 2. The minimum Gasteiger partial charge on any atom is -0.466 e. The molecular weight excluding hydrogens is 395 g/mol. The first kappa shape index (κ1) is 19.7. The maximum absolute atomic E-state index is 13.9. The number of carbonyl (C=O) groups is 4. The number of ether oxygens (including phenoxy) is 3. The number of Topliss-reactive ketones (excluding diaryl/α,β-unsaturated/α-hetero) is 2. The molecule has 2 aromatic rings. The molecule has 0 unspecified atom stereocenters. The van der Waals surface area contributed by atoms with Crippen LogP contribution in [0.2, 0.25) is 0 Å². The Morgan fingerprint density at radius 3 is 2.07 bits per heavy atom. The Bertz CT molecular complexity index is 1110. The second-order valence-electron chi connectivity index (χ2n) is 6.71. The smallest absolute Gasteiger partial charge is 0.338 e. The molecule has 2 aromatic carbocycles. The van der Waals surface area contributed by atoms with Crippen LogP contribution in [0.4, 0.5) is 4.39 Å². The van der Waals surface area contributed by atoms with Gasteiger partial charge in [0.15, 0.2) is 0 Å². The zero-order chi connectivity index (χ0) is 21.6. The molecule has 0 bridgehead atoms. The van der Waals surface area contributed by atoms with Crippen molar-refractivity contribution in [1.82, 2.24) is 0 Å². The Morgan fingerprint density at radius 1 is 0.933 bits per heavy atom. The molecule has 0 saturated carbocycles. The third-order valence-corrected chi connectivity index (χ3v) is 5.18. The highest BCUT2D eigenvalue weighted by Crippen LogP contribution is 2.51. The van der Waals surface area contributed by atoms with Gasteiger partial charge in [0.1, 0.15) is 11.9 Å². The number of rotatable bonds is 3. The van der Waals surface area contributed by atoms with Gasteiger partial charge < -0.3 is 14.2 Å². The van der Waals surface area contributed by atoms with E-state index in [9.17, 15) is 23.6 Å². The number of methoxy groups -OCH3 is 2. The largest absolute Gasteiger partial charge is 0.466 e. The van der Waals surface area contributed by atoms with Crippen molar-refractivity contribution in [3.8, 4) is 0 Å². The van der Waals surface area contributed by atoms with Crippen molar-refractivity contribution in [3.05, 3.63) is 82.2 Å². The van der Waals surface area contributed by atoms with Gasteiger partial charge in [-0.15, -0.1) is 0 Å². The Balaban J connectivity index is 2.02. The van der Waals surface area contributed by atoms with Crippen LogP contribution in [0.3, 0.4) is 0 Å². The zero-order valence-electron chi connectivity index (χ0n) is 15.9. The van der Waals surface area contributed by atoms with E-state index in [1.165, 1.54) is 30.3 Å². The first-order chi connectivity index (χ1) is 14.4. The number of halogens is 1. The number of ketones is 2. The van der Waals surface area contributed by atoms with Gasteiger partial charge in [0.2, 0.25) is 17.2 Å². The SMILES string of the molecule is COC(=O)C1=C(C(=O)OC)C2(O[C@@H]1c1cccc(F)c1)C(=O)c1ccccc1C2=O. The highest BCUT2D eigenvalue weighted by atomic mass is 19.1. The van der Waals surface area contributed by atoms with Gasteiger partial charge in [-0.3, -0.25) is 9.59 Å². The Kier molecular flexibility index (Phi) is 4.58. The monoisotopic (exact) mass is 410 g/mol. The highest BCUT2D eigenvalue weighted by Gasteiger charge is 2.66. The van der Waals surface area contributed by atoms with Crippen LogP contribution in [0, 0.1) is 5.82 Å².